The Labute approximate surface area is 96.0 Å². The molecule has 0 spiro atoms. The maximum Gasteiger partial charge on any atom is 0.435 e. The Kier molecular flexibility index (Phi) is 4.55. The van der Waals surface area contributed by atoms with Crippen LogP contribution in [0.1, 0.15) is 5.69 Å². The summed E-state index contributed by atoms with van der Waals surface area (Å²) in [4.78, 5) is 1.99. The van der Waals surface area contributed by atoms with Gasteiger partial charge in [-0.3, -0.25) is 0 Å². The number of thioether (sulfide) groups is 1. The van der Waals surface area contributed by atoms with Crippen LogP contribution < -0.4 is 0 Å². The zero-order chi connectivity index (χ0) is 12.2. The van der Waals surface area contributed by atoms with E-state index in [-0.39, 0.29) is 0 Å². The first-order valence-electron chi connectivity index (χ1n) is 4.58. The average molecular weight is 251 g/mol. The Bertz CT molecular complexity index is 324. The first kappa shape index (κ1) is 13.2. The molecule has 16 heavy (non-hydrogen) atoms. The molecule has 1 rings (SSSR count). The Morgan fingerprint density at radius 1 is 1.25 bits per heavy atom. The lowest BCUT2D eigenvalue weighted by molar-refractivity contribution is -0.141. The minimum Gasteiger partial charge on any atom is -0.309 e. The number of aromatic nitrogens is 2. The van der Waals surface area contributed by atoms with Crippen molar-refractivity contribution in [2.24, 2.45) is 0 Å². The molecule has 0 N–H and O–H groups in total. The summed E-state index contributed by atoms with van der Waals surface area (Å²) in [5.74, 6) is 0.771. The van der Waals surface area contributed by atoms with E-state index >= 15 is 0 Å². The number of hydrogen-bond donors (Lipinski definition) is 0. The van der Waals surface area contributed by atoms with Gasteiger partial charge in [-0.2, -0.15) is 13.2 Å². The predicted molar refractivity (Wildman–Crippen MR) is 56.3 cm³/mol. The van der Waals surface area contributed by atoms with Crippen molar-refractivity contribution in [3.63, 3.8) is 0 Å². The Hall–Kier alpha value is -0.820. The van der Waals surface area contributed by atoms with Gasteiger partial charge in [0.1, 0.15) is 5.03 Å². The molecular weight excluding hydrogens is 239 g/mol. The second-order valence-electron chi connectivity index (χ2n) is 3.41. The van der Waals surface area contributed by atoms with Crippen LogP contribution in [0.4, 0.5) is 13.2 Å². The molecule has 0 atom stereocenters. The van der Waals surface area contributed by atoms with E-state index < -0.39 is 11.9 Å². The van der Waals surface area contributed by atoms with Crippen LogP contribution >= 0.6 is 11.8 Å². The molecule has 0 aromatic carbocycles. The minimum atomic E-state index is -4.42. The summed E-state index contributed by atoms with van der Waals surface area (Å²) in [6.07, 6.45) is -4.42. The van der Waals surface area contributed by atoms with E-state index in [0.717, 1.165) is 18.4 Å². The summed E-state index contributed by atoms with van der Waals surface area (Å²) in [6, 6.07) is 2.29. The van der Waals surface area contributed by atoms with E-state index in [0.29, 0.717) is 5.03 Å². The van der Waals surface area contributed by atoms with E-state index in [1.54, 1.807) is 0 Å². The quantitative estimate of drug-likeness (QED) is 0.767. The third kappa shape index (κ3) is 4.36. The average Bonchev–Trinajstić information content (AvgIpc) is 2.16. The van der Waals surface area contributed by atoms with E-state index in [9.17, 15) is 13.2 Å². The molecule has 0 fully saturated rings. The zero-order valence-electron chi connectivity index (χ0n) is 8.95. The van der Waals surface area contributed by atoms with Gasteiger partial charge in [-0.15, -0.1) is 22.0 Å². The van der Waals surface area contributed by atoms with Crippen molar-refractivity contribution in [2.45, 2.75) is 11.2 Å². The van der Waals surface area contributed by atoms with Gasteiger partial charge in [0.05, 0.1) is 0 Å². The second kappa shape index (κ2) is 5.49. The summed E-state index contributed by atoms with van der Waals surface area (Å²) >= 11 is 1.39. The van der Waals surface area contributed by atoms with Crippen LogP contribution in [0, 0.1) is 0 Å². The third-order valence-corrected chi connectivity index (χ3v) is 2.62. The van der Waals surface area contributed by atoms with E-state index in [2.05, 4.69) is 10.2 Å². The van der Waals surface area contributed by atoms with Gasteiger partial charge in [-0.1, -0.05) is 0 Å². The predicted octanol–water partition coefficient (Wildman–Crippen LogP) is 2.15. The van der Waals surface area contributed by atoms with Gasteiger partial charge in [0, 0.05) is 12.3 Å². The molecule has 7 heteroatoms. The fourth-order valence-corrected chi connectivity index (χ4v) is 1.81. The minimum absolute atomic E-state index is 0.509. The molecule has 3 nitrogen and oxygen atoms in total. The standard InChI is InChI=1S/C9H12F3N3S/c1-15(2)5-6-16-8-4-3-7(13-14-8)9(10,11)12/h3-4H,5-6H2,1-2H3. The molecule has 0 saturated carbocycles. The topological polar surface area (TPSA) is 29.0 Å². The normalized spacial score (nSPS) is 12.1. The summed E-state index contributed by atoms with van der Waals surface area (Å²) in [6.45, 7) is 0.841. The summed E-state index contributed by atoms with van der Waals surface area (Å²) in [7, 11) is 3.86. The molecule has 0 aliphatic heterocycles. The van der Waals surface area contributed by atoms with Crippen LogP contribution in [-0.2, 0) is 6.18 Å². The second-order valence-corrected chi connectivity index (χ2v) is 4.52. The SMILES string of the molecule is CN(C)CCSc1ccc(C(F)(F)F)nn1. The van der Waals surface area contributed by atoms with Crippen LogP contribution in [0.5, 0.6) is 0 Å². The van der Waals surface area contributed by atoms with Gasteiger partial charge >= 0.3 is 6.18 Å². The Morgan fingerprint density at radius 2 is 1.94 bits per heavy atom. The van der Waals surface area contributed by atoms with E-state index in [1.807, 2.05) is 19.0 Å². The van der Waals surface area contributed by atoms with Crippen LogP contribution in [0.3, 0.4) is 0 Å². The number of halogens is 3. The van der Waals surface area contributed by atoms with Crippen LogP contribution in [0.15, 0.2) is 17.2 Å². The van der Waals surface area contributed by atoms with E-state index in [1.165, 1.54) is 17.8 Å². The number of nitrogens with zero attached hydrogens (tertiary/aromatic N) is 3. The van der Waals surface area contributed by atoms with Gasteiger partial charge in [-0.25, -0.2) is 0 Å². The van der Waals surface area contributed by atoms with Crippen molar-refractivity contribution in [3.05, 3.63) is 17.8 Å². The molecule has 0 saturated heterocycles. The molecule has 0 amide bonds. The van der Waals surface area contributed by atoms with Gasteiger partial charge in [-0.05, 0) is 26.2 Å². The van der Waals surface area contributed by atoms with Crippen LogP contribution in [0.25, 0.3) is 0 Å². The highest BCUT2D eigenvalue weighted by Crippen LogP contribution is 2.27. The van der Waals surface area contributed by atoms with Crippen molar-refractivity contribution in [3.8, 4) is 0 Å². The van der Waals surface area contributed by atoms with Gasteiger partial charge in [0.25, 0.3) is 0 Å². The Balaban J connectivity index is 2.52. The molecule has 0 radical (unpaired) electrons. The van der Waals surface area contributed by atoms with Crippen molar-refractivity contribution >= 4 is 11.8 Å². The van der Waals surface area contributed by atoms with Crippen molar-refractivity contribution in [1.29, 1.82) is 0 Å². The highest BCUT2D eigenvalue weighted by Gasteiger charge is 2.32. The maximum atomic E-state index is 12.2. The lowest BCUT2D eigenvalue weighted by atomic mass is 10.4. The Morgan fingerprint density at radius 3 is 2.38 bits per heavy atom. The fourth-order valence-electron chi connectivity index (χ4n) is 0.881. The first-order chi connectivity index (χ1) is 7.39. The van der Waals surface area contributed by atoms with Gasteiger partial charge < -0.3 is 4.90 Å². The zero-order valence-corrected chi connectivity index (χ0v) is 9.77. The van der Waals surface area contributed by atoms with Gasteiger partial charge in [0.2, 0.25) is 0 Å². The van der Waals surface area contributed by atoms with Crippen LogP contribution in [-0.4, -0.2) is 41.5 Å². The number of rotatable bonds is 4. The number of hydrogen-bond acceptors (Lipinski definition) is 4. The summed E-state index contributed by atoms with van der Waals surface area (Å²) in [5.41, 5.74) is -0.954. The molecule has 0 unspecified atom stereocenters. The number of alkyl halides is 3. The van der Waals surface area contributed by atoms with Crippen LogP contribution in [0.2, 0.25) is 0 Å². The molecule has 0 aliphatic rings. The van der Waals surface area contributed by atoms with Gasteiger partial charge in [0.15, 0.2) is 5.69 Å². The molecule has 1 aromatic heterocycles. The molecule has 1 heterocycles. The highest BCUT2D eigenvalue weighted by atomic mass is 32.2. The van der Waals surface area contributed by atoms with Crippen molar-refractivity contribution in [1.82, 2.24) is 15.1 Å². The first-order valence-corrected chi connectivity index (χ1v) is 5.56. The fraction of sp³-hybridized carbons (Fsp3) is 0.556. The molecule has 1 aromatic rings. The van der Waals surface area contributed by atoms with E-state index in [4.69, 9.17) is 0 Å². The maximum absolute atomic E-state index is 12.2. The largest absolute Gasteiger partial charge is 0.435 e. The molecular formula is C9H12F3N3S. The monoisotopic (exact) mass is 251 g/mol. The van der Waals surface area contributed by atoms with Crippen molar-refractivity contribution in [2.75, 3.05) is 26.4 Å². The molecule has 0 bridgehead atoms. The third-order valence-electron chi connectivity index (χ3n) is 1.72. The molecule has 90 valence electrons. The van der Waals surface area contributed by atoms with Crippen molar-refractivity contribution < 1.29 is 13.2 Å². The lowest BCUT2D eigenvalue weighted by Gasteiger charge is -2.08. The smallest absolute Gasteiger partial charge is 0.309 e. The summed E-state index contributed by atoms with van der Waals surface area (Å²) in [5, 5.41) is 7.16. The molecule has 0 aliphatic carbocycles. The lowest BCUT2D eigenvalue weighted by Crippen LogP contribution is -2.15. The summed E-state index contributed by atoms with van der Waals surface area (Å²) < 4.78 is 36.5. The highest BCUT2D eigenvalue weighted by molar-refractivity contribution is 7.99.